The standard InChI is InChI=1S/C10H12N2O5S.Na.H2O/c11-18(16,17)8-3-1-7(2-4-8)12-9(13)5-6-10(14)15;;/h1-4H,5-6H2,(H,12,13)(H,14,15)(H2,11,16,17);;1H2/q;+1;/p-1. The zero-order chi connectivity index (χ0) is 13.8. The average molecular weight is 312 g/mol. The molecule has 0 aliphatic carbocycles. The molecule has 0 heterocycles. The Morgan fingerprint density at radius 1 is 1.15 bits per heavy atom. The summed E-state index contributed by atoms with van der Waals surface area (Å²) in [4.78, 5) is 21.3. The van der Waals surface area contributed by atoms with E-state index in [2.05, 4.69) is 5.32 Å². The molecule has 0 spiro atoms. The van der Waals surface area contributed by atoms with Crippen LogP contribution in [0.15, 0.2) is 29.2 Å². The van der Waals surface area contributed by atoms with Gasteiger partial charge in [0.1, 0.15) is 0 Å². The number of amides is 1. The Balaban J connectivity index is 0. The number of hydrogen-bond acceptors (Lipinski definition) is 5. The van der Waals surface area contributed by atoms with Gasteiger partial charge in [-0.2, -0.15) is 0 Å². The number of hydrogen-bond donors (Lipinski definition) is 2. The molecule has 20 heavy (non-hydrogen) atoms. The van der Waals surface area contributed by atoms with Crippen LogP contribution >= 0.6 is 0 Å². The van der Waals surface area contributed by atoms with Gasteiger partial charge in [-0.05, 0) is 30.7 Å². The van der Waals surface area contributed by atoms with E-state index < -0.39 is 21.9 Å². The molecule has 0 saturated heterocycles. The molecule has 0 unspecified atom stereocenters. The normalized spacial score (nSPS) is 9.85. The third-order valence-electron chi connectivity index (χ3n) is 2.02. The van der Waals surface area contributed by atoms with Crippen molar-refractivity contribution in [2.75, 3.05) is 5.32 Å². The number of anilines is 1. The summed E-state index contributed by atoms with van der Waals surface area (Å²) in [6.07, 6.45) is -0.583. The number of aliphatic carboxylic acids is 1. The van der Waals surface area contributed by atoms with E-state index in [0.29, 0.717) is 5.69 Å². The summed E-state index contributed by atoms with van der Waals surface area (Å²) < 4.78 is 21.9. The molecule has 1 rings (SSSR count). The van der Waals surface area contributed by atoms with E-state index in [1.54, 1.807) is 0 Å². The zero-order valence-corrected chi connectivity index (χ0v) is 13.6. The van der Waals surface area contributed by atoms with Crippen molar-refractivity contribution in [1.82, 2.24) is 0 Å². The molecule has 0 bridgehead atoms. The molecule has 0 aliphatic heterocycles. The molecule has 0 fully saturated rings. The Labute approximate surface area is 138 Å². The summed E-state index contributed by atoms with van der Waals surface area (Å²) in [5.41, 5.74) is 0.353. The first kappa shape index (κ1) is 21.3. The molecule has 0 aliphatic rings. The van der Waals surface area contributed by atoms with Crippen LogP contribution in [0, 0.1) is 0 Å². The first-order valence-corrected chi connectivity index (χ1v) is 6.46. The van der Waals surface area contributed by atoms with Gasteiger partial charge in [0, 0.05) is 18.1 Å². The Hall–Kier alpha value is -0.970. The fourth-order valence-electron chi connectivity index (χ4n) is 1.17. The van der Waals surface area contributed by atoms with E-state index in [1.807, 2.05) is 0 Å². The van der Waals surface area contributed by atoms with E-state index in [9.17, 15) is 23.1 Å². The summed E-state index contributed by atoms with van der Waals surface area (Å²) in [6.45, 7) is 0. The van der Waals surface area contributed by atoms with Gasteiger partial charge in [-0.25, -0.2) is 13.6 Å². The fraction of sp³-hybridized carbons (Fsp3) is 0.200. The van der Waals surface area contributed by atoms with Crippen molar-refractivity contribution in [3.05, 3.63) is 24.3 Å². The summed E-state index contributed by atoms with van der Waals surface area (Å²) in [5, 5.41) is 17.5. The maximum Gasteiger partial charge on any atom is 1.00 e. The average Bonchev–Trinajstić information content (AvgIpc) is 2.26. The van der Waals surface area contributed by atoms with Crippen molar-refractivity contribution < 1.29 is 58.1 Å². The van der Waals surface area contributed by atoms with Crippen LogP contribution in [0.25, 0.3) is 0 Å². The topological polar surface area (TPSA) is 161 Å². The zero-order valence-electron chi connectivity index (χ0n) is 10.8. The summed E-state index contributed by atoms with van der Waals surface area (Å²) in [7, 11) is -3.77. The summed E-state index contributed by atoms with van der Waals surface area (Å²) in [6, 6.07) is 5.20. The van der Waals surface area contributed by atoms with E-state index >= 15 is 0 Å². The predicted octanol–water partition coefficient (Wildman–Crippen LogP) is -5.02. The van der Waals surface area contributed by atoms with Gasteiger partial charge in [-0.15, -0.1) is 0 Å². The fourth-order valence-corrected chi connectivity index (χ4v) is 1.68. The number of carbonyl (C=O) groups excluding carboxylic acids is 2. The van der Waals surface area contributed by atoms with Crippen LogP contribution in [0.4, 0.5) is 5.69 Å². The maximum absolute atomic E-state index is 11.3. The summed E-state index contributed by atoms with van der Waals surface area (Å²) in [5.74, 6) is -1.81. The van der Waals surface area contributed by atoms with Crippen molar-refractivity contribution in [3.8, 4) is 0 Å². The number of carboxylic acids is 1. The van der Waals surface area contributed by atoms with Crippen molar-refractivity contribution in [2.45, 2.75) is 17.7 Å². The SMILES string of the molecule is NS(=O)(=O)c1ccc(NC(=O)CCC(=O)[O-])cc1.O.[Na+]. The summed E-state index contributed by atoms with van der Waals surface area (Å²) >= 11 is 0. The molecule has 5 N–H and O–H groups in total. The number of carboxylic acid groups (broad SMARTS) is 1. The molecule has 0 saturated carbocycles. The van der Waals surface area contributed by atoms with E-state index in [4.69, 9.17) is 5.14 Å². The number of primary sulfonamides is 1. The van der Waals surface area contributed by atoms with Gasteiger partial charge in [0.25, 0.3) is 0 Å². The van der Waals surface area contributed by atoms with Gasteiger partial charge in [0.2, 0.25) is 15.9 Å². The minimum absolute atomic E-state index is 0. The first-order chi connectivity index (χ1) is 8.29. The molecule has 0 radical (unpaired) electrons. The van der Waals surface area contributed by atoms with Crippen LogP contribution in [0.3, 0.4) is 0 Å². The van der Waals surface area contributed by atoms with E-state index in [0.717, 1.165) is 0 Å². The number of sulfonamides is 1. The Morgan fingerprint density at radius 3 is 2.05 bits per heavy atom. The van der Waals surface area contributed by atoms with Gasteiger partial charge in [-0.1, -0.05) is 0 Å². The van der Waals surface area contributed by atoms with Crippen LogP contribution in [0.2, 0.25) is 0 Å². The molecule has 0 atom stereocenters. The van der Waals surface area contributed by atoms with Crippen LogP contribution in [-0.4, -0.2) is 25.8 Å². The van der Waals surface area contributed by atoms with E-state index in [-0.39, 0.29) is 52.8 Å². The van der Waals surface area contributed by atoms with Gasteiger partial charge < -0.3 is 20.7 Å². The van der Waals surface area contributed by atoms with Gasteiger partial charge >= 0.3 is 29.6 Å². The quantitative estimate of drug-likeness (QED) is 0.519. The molecular formula is C10H13N2NaO6S. The molecule has 106 valence electrons. The first-order valence-electron chi connectivity index (χ1n) is 4.91. The number of rotatable bonds is 5. The number of benzene rings is 1. The van der Waals surface area contributed by atoms with Gasteiger partial charge in [0.05, 0.1) is 4.90 Å². The van der Waals surface area contributed by atoms with Crippen LogP contribution < -0.4 is 45.1 Å². The Bertz CT molecular complexity index is 558. The number of nitrogens with one attached hydrogen (secondary N) is 1. The van der Waals surface area contributed by atoms with Crippen molar-refractivity contribution >= 4 is 27.6 Å². The van der Waals surface area contributed by atoms with Crippen LogP contribution in [-0.2, 0) is 19.6 Å². The Kier molecular flexibility index (Phi) is 9.66. The number of nitrogens with two attached hydrogens (primary N) is 1. The maximum atomic E-state index is 11.3. The monoisotopic (exact) mass is 312 g/mol. The molecule has 8 nitrogen and oxygen atoms in total. The molecule has 1 aromatic carbocycles. The largest absolute Gasteiger partial charge is 1.00 e. The smallest absolute Gasteiger partial charge is 0.550 e. The second-order valence-corrected chi connectivity index (χ2v) is 5.05. The van der Waals surface area contributed by atoms with Crippen molar-refractivity contribution in [2.24, 2.45) is 5.14 Å². The van der Waals surface area contributed by atoms with Gasteiger partial charge in [-0.3, -0.25) is 4.79 Å². The predicted molar refractivity (Wildman–Crippen MR) is 64.3 cm³/mol. The molecule has 1 amide bonds. The van der Waals surface area contributed by atoms with Crippen LogP contribution in [0.1, 0.15) is 12.8 Å². The van der Waals surface area contributed by atoms with Crippen molar-refractivity contribution in [1.29, 1.82) is 0 Å². The third-order valence-corrected chi connectivity index (χ3v) is 2.95. The van der Waals surface area contributed by atoms with Gasteiger partial charge in [0.15, 0.2) is 0 Å². The second kappa shape index (κ2) is 9.06. The second-order valence-electron chi connectivity index (χ2n) is 3.49. The Morgan fingerprint density at radius 2 is 1.65 bits per heavy atom. The number of carbonyl (C=O) groups is 2. The molecule has 0 aromatic heterocycles. The molecule has 1 aromatic rings. The minimum Gasteiger partial charge on any atom is -0.550 e. The van der Waals surface area contributed by atoms with Crippen molar-refractivity contribution in [3.63, 3.8) is 0 Å². The third kappa shape index (κ3) is 7.58. The molecular weight excluding hydrogens is 299 g/mol. The minimum atomic E-state index is -3.77. The molecule has 10 heteroatoms. The van der Waals surface area contributed by atoms with E-state index in [1.165, 1.54) is 24.3 Å². The van der Waals surface area contributed by atoms with Crippen LogP contribution in [0.5, 0.6) is 0 Å².